The average molecular weight is 306 g/mol. The summed E-state index contributed by atoms with van der Waals surface area (Å²) < 4.78 is 0. The minimum Gasteiger partial charge on any atom is -0.326 e. The van der Waals surface area contributed by atoms with E-state index in [1.807, 2.05) is 49.4 Å². The maximum Gasteiger partial charge on any atom is 0.224 e. The molecule has 5 heteroatoms. The normalized spacial score (nSPS) is 11.2. The van der Waals surface area contributed by atoms with Crippen molar-refractivity contribution >= 4 is 34.6 Å². The Kier molecular flexibility index (Phi) is 4.47. The van der Waals surface area contributed by atoms with Crippen molar-refractivity contribution in [1.29, 1.82) is 0 Å². The molecule has 0 atom stereocenters. The van der Waals surface area contributed by atoms with Crippen LogP contribution < -0.4 is 5.32 Å². The second kappa shape index (κ2) is 6.87. The van der Waals surface area contributed by atoms with Gasteiger partial charge in [0.1, 0.15) is 0 Å². The van der Waals surface area contributed by atoms with Crippen LogP contribution in [-0.2, 0) is 4.79 Å². The zero-order chi connectivity index (χ0) is 16.1. The number of rotatable bonds is 5. The van der Waals surface area contributed by atoms with Crippen molar-refractivity contribution < 1.29 is 4.79 Å². The third-order valence-electron chi connectivity index (χ3n) is 3.47. The van der Waals surface area contributed by atoms with E-state index in [1.165, 1.54) is 0 Å². The lowest BCUT2D eigenvalue weighted by Crippen LogP contribution is -2.10. The minimum absolute atomic E-state index is 0.0304. The van der Waals surface area contributed by atoms with E-state index in [-0.39, 0.29) is 5.91 Å². The van der Waals surface area contributed by atoms with Gasteiger partial charge >= 0.3 is 0 Å². The van der Waals surface area contributed by atoms with E-state index >= 15 is 0 Å². The minimum atomic E-state index is 0.0304. The fourth-order valence-corrected chi connectivity index (χ4v) is 2.34. The molecule has 0 radical (unpaired) electrons. The number of benzene rings is 1. The molecule has 1 aromatic carbocycles. The number of aromatic nitrogens is 3. The highest BCUT2D eigenvalue weighted by Gasteiger charge is 2.06. The summed E-state index contributed by atoms with van der Waals surface area (Å²) in [6, 6.07) is 9.61. The van der Waals surface area contributed by atoms with Gasteiger partial charge in [-0.25, -0.2) is 0 Å². The molecule has 0 saturated heterocycles. The number of amides is 1. The summed E-state index contributed by atoms with van der Waals surface area (Å²) in [5, 5.41) is 11.2. The molecule has 0 saturated carbocycles. The molecule has 0 aliphatic heterocycles. The number of H-pyrrole nitrogens is 1. The van der Waals surface area contributed by atoms with Gasteiger partial charge in [0.15, 0.2) is 0 Å². The third-order valence-corrected chi connectivity index (χ3v) is 3.47. The van der Waals surface area contributed by atoms with Gasteiger partial charge in [-0.3, -0.25) is 14.9 Å². The fourth-order valence-electron chi connectivity index (χ4n) is 2.34. The highest BCUT2D eigenvalue weighted by Crippen LogP contribution is 2.22. The van der Waals surface area contributed by atoms with Gasteiger partial charge in [0.25, 0.3) is 0 Å². The van der Waals surface area contributed by atoms with Crippen LogP contribution in [0.5, 0.6) is 0 Å². The average Bonchev–Trinajstić information content (AvgIpc) is 2.96. The molecule has 1 amide bonds. The quantitative estimate of drug-likeness (QED) is 0.751. The number of nitrogens with one attached hydrogen (secondary N) is 2. The summed E-state index contributed by atoms with van der Waals surface area (Å²) in [7, 11) is 0. The Morgan fingerprint density at radius 2 is 2.22 bits per heavy atom. The number of anilines is 1. The second-order valence-electron chi connectivity index (χ2n) is 5.29. The maximum absolute atomic E-state index is 11.7. The zero-order valence-electron chi connectivity index (χ0n) is 12.9. The standard InChI is InChI=1S/C18H18N4O/c1-2-4-18(23)20-14-7-9-17-15(11-14)16(21-22-17)8-6-13-5-3-10-19-12-13/h3,5-12H,2,4H2,1H3,(H,20,23)(H,21,22). The van der Waals surface area contributed by atoms with Crippen molar-refractivity contribution in [2.75, 3.05) is 5.32 Å². The Labute approximate surface area is 134 Å². The number of hydrogen-bond acceptors (Lipinski definition) is 3. The van der Waals surface area contributed by atoms with Gasteiger partial charge < -0.3 is 5.32 Å². The summed E-state index contributed by atoms with van der Waals surface area (Å²) in [4.78, 5) is 15.8. The van der Waals surface area contributed by atoms with Gasteiger partial charge in [0, 0.05) is 29.9 Å². The molecular formula is C18H18N4O. The van der Waals surface area contributed by atoms with Crippen LogP contribution in [0.2, 0.25) is 0 Å². The number of fused-ring (bicyclic) bond motifs is 1. The lowest BCUT2D eigenvalue weighted by molar-refractivity contribution is -0.116. The molecule has 3 rings (SSSR count). The molecule has 0 fully saturated rings. The van der Waals surface area contributed by atoms with Crippen LogP contribution in [0, 0.1) is 0 Å². The van der Waals surface area contributed by atoms with E-state index in [2.05, 4.69) is 20.5 Å². The van der Waals surface area contributed by atoms with Gasteiger partial charge in [-0.15, -0.1) is 0 Å². The molecule has 5 nitrogen and oxygen atoms in total. The number of carbonyl (C=O) groups excluding carboxylic acids is 1. The van der Waals surface area contributed by atoms with Crippen molar-refractivity contribution in [2.24, 2.45) is 0 Å². The highest BCUT2D eigenvalue weighted by atomic mass is 16.1. The summed E-state index contributed by atoms with van der Waals surface area (Å²) >= 11 is 0. The van der Waals surface area contributed by atoms with Crippen LogP contribution in [0.1, 0.15) is 31.0 Å². The van der Waals surface area contributed by atoms with Crippen LogP contribution >= 0.6 is 0 Å². The molecule has 0 spiro atoms. The van der Waals surface area contributed by atoms with Gasteiger partial charge in [0.2, 0.25) is 5.91 Å². The van der Waals surface area contributed by atoms with E-state index in [0.29, 0.717) is 6.42 Å². The number of hydrogen-bond donors (Lipinski definition) is 2. The smallest absolute Gasteiger partial charge is 0.224 e. The Hall–Kier alpha value is -2.95. The molecule has 0 aliphatic rings. The van der Waals surface area contributed by atoms with Gasteiger partial charge in [-0.2, -0.15) is 5.10 Å². The lowest BCUT2D eigenvalue weighted by atomic mass is 10.1. The van der Waals surface area contributed by atoms with Gasteiger partial charge in [-0.1, -0.05) is 19.1 Å². The summed E-state index contributed by atoms with van der Waals surface area (Å²) in [5.41, 5.74) is 3.56. The fraction of sp³-hybridized carbons (Fsp3) is 0.167. The first-order chi connectivity index (χ1) is 11.3. The van der Waals surface area contributed by atoms with Gasteiger partial charge in [-0.05, 0) is 42.3 Å². The van der Waals surface area contributed by atoms with E-state index in [0.717, 1.165) is 34.3 Å². The molecule has 2 N–H and O–H groups in total. The molecular weight excluding hydrogens is 288 g/mol. The zero-order valence-corrected chi connectivity index (χ0v) is 12.9. The summed E-state index contributed by atoms with van der Waals surface area (Å²) in [6.07, 6.45) is 8.79. The molecule has 2 heterocycles. The first-order valence-electron chi connectivity index (χ1n) is 7.62. The van der Waals surface area contributed by atoms with Gasteiger partial charge in [0.05, 0.1) is 11.2 Å². The summed E-state index contributed by atoms with van der Waals surface area (Å²) in [6.45, 7) is 1.99. The summed E-state index contributed by atoms with van der Waals surface area (Å²) in [5.74, 6) is 0.0304. The van der Waals surface area contributed by atoms with Crippen LogP contribution in [0.4, 0.5) is 5.69 Å². The molecule has 116 valence electrons. The molecule has 0 aliphatic carbocycles. The first-order valence-corrected chi connectivity index (χ1v) is 7.62. The maximum atomic E-state index is 11.7. The lowest BCUT2D eigenvalue weighted by Gasteiger charge is -2.04. The van der Waals surface area contributed by atoms with Crippen molar-refractivity contribution in [3.8, 4) is 0 Å². The predicted molar refractivity (Wildman–Crippen MR) is 92.8 cm³/mol. The number of carbonyl (C=O) groups is 1. The van der Waals surface area contributed by atoms with Crippen LogP contribution in [0.25, 0.3) is 23.1 Å². The predicted octanol–water partition coefficient (Wildman–Crippen LogP) is 3.87. The molecule has 2 aromatic heterocycles. The molecule has 0 unspecified atom stereocenters. The van der Waals surface area contributed by atoms with Crippen LogP contribution in [-0.4, -0.2) is 21.1 Å². The Morgan fingerprint density at radius 3 is 3.00 bits per heavy atom. The topological polar surface area (TPSA) is 70.7 Å². The van der Waals surface area contributed by atoms with Crippen molar-refractivity contribution in [1.82, 2.24) is 15.2 Å². The monoisotopic (exact) mass is 306 g/mol. The SMILES string of the molecule is CCCC(=O)Nc1ccc2[nH]nc(C=Cc3cccnc3)c2c1. The number of nitrogens with zero attached hydrogens (tertiary/aromatic N) is 2. The van der Waals surface area contributed by atoms with Crippen molar-refractivity contribution in [3.63, 3.8) is 0 Å². The highest BCUT2D eigenvalue weighted by molar-refractivity contribution is 5.96. The molecule has 0 bridgehead atoms. The first kappa shape index (κ1) is 15.0. The molecule has 23 heavy (non-hydrogen) atoms. The Balaban J connectivity index is 1.86. The van der Waals surface area contributed by atoms with E-state index < -0.39 is 0 Å². The Bertz CT molecular complexity index is 837. The number of aromatic amines is 1. The van der Waals surface area contributed by atoms with Crippen molar-refractivity contribution in [2.45, 2.75) is 19.8 Å². The van der Waals surface area contributed by atoms with E-state index in [1.54, 1.807) is 12.4 Å². The van der Waals surface area contributed by atoms with Crippen LogP contribution in [0.3, 0.4) is 0 Å². The van der Waals surface area contributed by atoms with E-state index in [9.17, 15) is 4.79 Å². The molecule has 3 aromatic rings. The second-order valence-corrected chi connectivity index (χ2v) is 5.29. The largest absolute Gasteiger partial charge is 0.326 e. The van der Waals surface area contributed by atoms with Crippen molar-refractivity contribution in [3.05, 3.63) is 54.0 Å². The van der Waals surface area contributed by atoms with E-state index in [4.69, 9.17) is 0 Å². The Morgan fingerprint density at radius 1 is 1.30 bits per heavy atom. The third kappa shape index (κ3) is 3.63. The van der Waals surface area contributed by atoms with Crippen LogP contribution in [0.15, 0.2) is 42.7 Å². The number of pyridine rings is 1.